The average molecular weight is 266 g/mol. The molecule has 1 amide bonds. The Morgan fingerprint density at radius 3 is 2.61 bits per heavy atom. The highest BCUT2D eigenvalue weighted by molar-refractivity contribution is 7.12. The third-order valence-corrected chi connectivity index (χ3v) is 4.92. The van der Waals surface area contributed by atoms with Gasteiger partial charge in [0.05, 0.1) is 11.6 Å². The van der Waals surface area contributed by atoms with Gasteiger partial charge in [0.2, 0.25) is 5.91 Å². The summed E-state index contributed by atoms with van der Waals surface area (Å²) in [6.45, 7) is 4.10. The van der Waals surface area contributed by atoms with Gasteiger partial charge in [0.25, 0.3) is 0 Å². The second kappa shape index (κ2) is 5.41. The number of thiophene rings is 1. The quantitative estimate of drug-likeness (QED) is 0.884. The Morgan fingerprint density at radius 1 is 1.39 bits per heavy atom. The van der Waals surface area contributed by atoms with Crippen LogP contribution in [0.4, 0.5) is 0 Å². The van der Waals surface area contributed by atoms with E-state index in [0.717, 1.165) is 25.7 Å². The standard InChI is InChI=1S/C14H22N2OS/c1-10-6-7-12(18-10)11(2)16-13(17)14(15)8-4-3-5-9-14/h6-7,11H,3-5,8-9,15H2,1-2H3,(H,16,17). The fraction of sp³-hybridized carbons (Fsp3) is 0.643. The number of amides is 1. The summed E-state index contributed by atoms with van der Waals surface area (Å²) < 4.78 is 0. The molecule has 0 aromatic carbocycles. The number of carbonyl (C=O) groups excluding carboxylic acids is 1. The monoisotopic (exact) mass is 266 g/mol. The summed E-state index contributed by atoms with van der Waals surface area (Å²) in [6.07, 6.45) is 4.96. The molecular formula is C14H22N2OS. The van der Waals surface area contributed by atoms with E-state index in [0.29, 0.717) is 0 Å². The van der Waals surface area contributed by atoms with Crippen LogP contribution in [0.3, 0.4) is 0 Å². The minimum atomic E-state index is -0.640. The molecule has 4 heteroatoms. The fourth-order valence-corrected chi connectivity index (χ4v) is 3.39. The zero-order chi connectivity index (χ0) is 13.2. The first-order valence-electron chi connectivity index (χ1n) is 6.67. The summed E-state index contributed by atoms with van der Waals surface area (Å²) in [5, 5.41) is 3.07. The molecule has 1 unspecified atom stereocenters. The molecule has 1 aliphatic carbocycles. The minimum Gasteiger partial charge on any atom is -0.347 e. The fourth-order valence-electron chi connectivity index (χ4n) is 2.51. The smallest absolute Gasteiger partial charge is 0.240 e. The lowest BCUT2D eigenvalue weighted by molar-refractivity contribution is -0.128. The Hall–Kier alpha value is -0.870. The van der Waals surface area contributed by atoms with Crippen molar-refractivity contribution in [1.82, 2.24) is 5.32 Å². The van der Waals surface area contributed by atoms with Gasteiger partial charge < -0.3 is 11.1 Å². The van der Waals surface area contributed by atoms with E-state index in [9.17, 15) is 4.79 Å². The van der Waals surface area contributed by atoms with Gasteiger partial charge in [0, 0.05) is 9.75 Å². The van der Waals surface area contributed by atoms with Crippen molar-refractivity contribution in [3.8, 4) is 0 Å². The van der Waals surface area contributed by atoms with Crippen LogP contribution in [0.25, 0.3) is 0 Å². The molecule has 1 aromatic heterocycles. The first-order chi connectivity index (χ1) is 8.51. The van der Waals surface area contributed by atoms with Gasteiger partial charge in [-0.25, -0.2) is 0 Å². The molecule has 0 radical (unpaired) electrons. The predicted molar refractivity (Wildman–Crippen MR) is 75.6 cm³/mol. The molecule has 1 saturated carbocycles. The number of hydrogen-bond acceptors (Lipinski definition) is 3. The zero-order valence-corrected chi connectivity index (χ0v) is 12.0. The number of aryl methyl sites for hydroxylation is 1. The van der Waals surface area contributed by atoms with Crippen molar-refractivity contribution >= 4 is 17.2 Å². The number of nitrogens with two attached hydrogens (primary N) is 1. The zero-order valence-electron chi connectivity index (χ0n) is 11.2. The first kappa shape index (κ1) is 13.6. The van der Waals surface area contributed by atoms with Crippen molar-refractivity contribution in [3.63, 3.8) is 0 Å². The summed E-state index contributed by atoms with van der Waals surface area (Å²) in [5.41, 5.74) is 5.59. The van der Waals surface area contributed by atoms with E-state index in [1.54, 1.807) is 11.3 Å². The largest absolute Gasteiger partial charge is 0.347 e. The SMILES string of the molecule is Cc1ccc(C(C)NC(=O)C2(N)CCCCC2)s1. The number of rotatable bonds is 3. The maximum atomic E-state index is 12.3. The van der Waals surface area contributed by atoms with E-state index >= 15 is 0 Å². The molecule has 100 valence electrons. The molecule has 3 N–H and O–H groups in total. The van der Waals surface area contributed by atoms with Crippen LogP contribution in [0.15, 0.2) is 12.1 Å². The second-order valence-electron chi connectivity index (χ2n) is 5.36. The van der Waals surface area contributed by atoms with Crippen molar-refractivity contribution in [2.45, 2.75) is 57.5 Å². The molecule has 1 heterocycles. The minimum absolute atomic E-state index is 0.0146. The molecule has 0 aliphatic heterocycles. The first-order valence-corrected chi connectivity index (χ1v) is 7.49. The van der Waals surface area contributed by atoms with E-state index in [-0.39, 0.29) is 11.9 Å². The van der Waals surface area contributed by atoms with E-state index in [2.05, 4.69) is 24.4 Å². The third-order valence-electron chi connectivity index (χ3n) is 3.73. The third kappa shape index (κ3) is 2.93. The molecule has 18 heavy (non-hydrogen) atoms. The Morgan fingerprint density at radius 2 is 2.06 bits per heavy atom. The van der Waals surface area contributed by atoms with Crippen molar-refractivity contribution in [1.29, 1.82) is 0 Å². The average Bonchev–Trinajstić information content (AvgIpc) is 2.77. The Kier molecular flexibility index (Phi) is 4.07. The van der Waals surface area contributed by atoms with Crippen LogP contribution in [0.1, 0.15) is 54.8 Å². The van der Waals surface area contributed by atoms with E-state index < -0.39 is 5.54 Å². The van der Waals surface area contributed by atoms with Crippen LogP contribution in [-0.4, -0.2) is 11.4 Å². The lowest BCUT2D eigenvalue weighted by Gasteiger charge is -2.32. The number of carbonyl (C=O) groups is 1. The lowest BCUT2D eigenvalue weighted by Crippen LogP contribution is -2.55. The number of nitrogens with one attached hydrogen (secondary N) is 1. The molecule has 1 aromatic rings. The van der Waals surface area contributed by atoms with Crippen LogP contribution in [0.5, 0.6) is 0 Å². The molecule has 0 bridgehead atoms. The van der Waals surface area contributed by atoms with Gasteiger partial charge in [-0.2, -0.15) is 0 Å². The van der Waals surface area contributed by atoms with Crippen LogP contribution < -0.4 is 11.1 Å². The van der Waals surface area contributed by atoms with Crippen molar-refractivity contribution in [2.24, 2.45) is 5.73 Å². The van der Waals surface area contributed by atoms with Crippen LogP contribution in [0.2, 0.25) is 0 Å². The van der Waals surface area contributed by atoms with Gasteiger partial charge in [-0.15, -0.1) is 11.3 Å². The highest BCUT2D eigenvalue weighted by atomic mass is 32.1. The predicted octanol–water partition coefficient (Wildman–Crippen LogP) is 2.90. The Labute approximate surface area is 113 Å². The Bertz CT molecular complexity index is 421. The summed E-state index contributed by atoms with van der Waals surface area (Å²) >= 11 is 1.73. The lowest BCUT2D eigenvalue weighted by atomic mass is 9.82. The highest BCUT2D eigenvalue weighted by Gasteiger charge is 2.35. The highest BCUT2D eigenvalue weighted by Crippen LogP contribution is 2.28. The van der Waals surface area contributed by atoms with Crippen molar-refractivity contribution < 1.29 is 4.79 Å². The topological polar surface area (TPSA) is 55.1 Å². The van der Waals surface area contributed by atoms with Gasteiger partial charge in [-0.1, -0.05) is 19.3 Å². The van der Waals surface area contributed by atoms with Crippen molar-refractivity contribution in [2.75, 3.05) is 0 Å². The van der Waals surface area contributed by atoms with Gasteiger partial charge >= 0.3 is 0 Å². The second-order valence-corrected chi connectivity index (χ2v) is 6.68. The van der Waals surface area contributed by atoms with E-state index in [4.69, 9.17) is 5.73 Å². The van der Waals surface area contributed by atoms with E-state index in [1.807, 2.05) is 6.92 Å². The van der Waals surface area contributed by atoms with Gasteiger partial charge in [-0.3, -0.25) is 4.79 Å². The summed E-state index contributed by atoms with van der Waals surface area (Å²) in [4.78, 5) is 14.7. The Balaban J connectivity index is 1.98. The normalized spacial score (nSPS) is 20.4. The molecule has 1 atom stereocenters. The van der Waals surface area contributed by atoms with Gasteiger partial charge in [0.15, 0.2) is 0 Å². The van der Waals surface area contributed by atoms with Crippen LogP contribution in [-0.2, 0) is 4.79 Å². The molecule has 1 aliphatic rings. The van der Waals surface area contributed by atoms with Gasteiger partial charge in [-0.05, 0) is 38.8 Å². The molecular weight excluding hydrogens is 244 g/mol. The molecule has 2 rings (SSSR count). The molecule has 0 spiro atoms. The molecule has 0 saturated heterocycles. The molecule has 3 nitrogen and oxygen atoms in total. The van der Waals surface area contributed by atoms with Crippen LogP contribution in [0, 0.1) is 6.92 Å². The summed E-state index contributed by atoms with van der Waals surface area (Å²) in [7, 11) is 0. The molecule has 1 fully saturated rings. The van der Waals surface area contributed by atoms with Crippen LogP contribution >= 0.6 is 11.3 Å². The maximum absolute atomic E-state index is 12.3. The van der Waals surface area contributed by atoms with E-state index in [1.165, 1.54) is 16.2 Å². The summed E-state index contributed by atoms with van der Waals surface area (Å²) in [5.74, 6) is 0.0146. The summed E-state index contributed by atoms with van der Waals surface area (Å²) in [6, 6.07) is 4.22. The van der Waals surface area contributed by atoms with Gasteiger partial charge in [0.1, 0.15) is 0 Å². The van der Waals surface area contributed by atoms with Crippen molar-refractivity contribution in [3.05, 3.63) is 21.9 Å². The maximum Gasteiger partial charge on any atom is 0.240 e. The number of hydrogen-bond donors (Lipinski definition) is 2.